The molecule has 4 aromatic rings. The predicted octanol–water partition coefficient (Wildman–Crippen LogP) is 7.25. The fourth-order valence-corrected chi connectivity index (χ4v) is 18.7. The van der Waals surface area contributed by atoms with Crippen molar-refractivity contribution in [2.24, 2.45) is 0 Å². The molecule has 49 heavy (non-hydrogen) atoms. The van der Waals surface area contributed by atoms with Gasteiger partial charge in [0.15, 0.2) is 0 Å². The number of allylic oxidation sites excluding steroid dienone is 2. The Labute approximate surface area is 299 Å². The number of halogens is 8. The van der Waals surface area contributed by atoms with Crippen molar-refractivity contribution >= 4 is 12.2 Å². The van der Waals surface area contributed by atoms with Gasteiger partial charge in [-0.2, -0.15) is 0 Å². The van der Waals surface area contributed by atoms with E-state index in [1.165, 1.54) is 56.0 Å². The number of fused-ring (bicyclic) bond motifs is 2. The van der Waals surface area contributed by atoms with Crippen LogP contribution >= 0.6 is 0 Å². The summed E-state index contributed by atoms with van der Waals surface area (Å²) in [5, 5.41) is 0. The van der Waals surface area contributed by atoms with Crippen molar-refractivity contribution in [3.8, 4) is 22.3 Å². The first-order valence-electron chi connectivity index (χ1n) is 16.5. The molecule has 3 aliphatic rings. The summed E-state index contributed by atoms with van der Waals surface area (Å²) in [6.45, 7) is 4.40. The van der Waals surface area contributed by atoms with Gasteiger partial charge in [0.1, 0.15) is 0 Å². The minimum atomic E-state index is -4.38. The summed E-state index contributed by atoms with van der Waals surface area (Å²) in [6, 6.07) is 23.7. The Bertz CT molecular complexity index is 1750. The average Bonchev–Trinajstić information content (AvgIpc) is 3.59. The maximum atomic E-state index is 13.3. The van der Waals surface area contributed by atoms with E-state index >= 15 is 0 Å². The first-order valence-corrected chi connectivity index (χ1v) is 20.5. The molecule has 0 N–H and O–H groups in total. The molecule has 0 spiro atoms. The zero-order valence-electron chi connectivity index (χ0n) is 27.2. The van der Waals surface area contributed by atoms with Crippen LogP contribution in [0.15, 0.2) is 96.1 Å². The van der Waals surface area contributed by atoms with Gasteiger partial charge in [-0.05, 0) is 0 Å². The molecule has 0 radical (unpaired) electrons. The van der Waals surface area contributed by atoms with E-state index in [2.05, 4.69) is 50.3 Å². The third-order valence-electron chi connectivity index (χ3n) is 10.4. The fraction of sp³-hybridized carbons (Fsp3) is 0.300. The summed E-state index contributed by atoms with van der Waals surface area (Å²) in [5.74, 6) is 0. The van der Waals surface area contributed by atoms with Gasteiger partial charge in [0.25, 0.3) is 0 Å². The van der Waals surface area contributed by atoms with E-state index in [-0.39, 0.29) is 24.8 Å². The van der Waals surface area contributed by atoms with Crippen LogP contribution in [-0.2, 0) is 28.9 Å². The number of benzene rings is 4. The molecule has 0 nitrogen and oxygen atoms in total. The van der Waals surface area contributed by atoms with Gasteiger partial charge in [0, 0.05) is 0 Å². The Morgan fingerprint density at radius 1 is 0.551 bits per heavy atom. The van der Waals surface area contributed by atoms with E-state index < -0.39 is 40.1 Å². The van der Waals surface area contributed by atoms with E-state index in [1.807, 2.05) is 12.1 Å². The Morgan fingerprint density at radius 2 is 0.918 bits per heavy atom. The van der Waals surface area contributed by atoms with E-state index in [0.29, 0.717) is 8.45 Å². The van der Waals surface area contributed by atoms with Crippen LogP contribution in [0.25, 0.3) is 34.4 Å². The summed E-state index contributed by atoms with van der Waals surface area (Å²) in [7, 11) is 0. The first kappa shape index (κ1) is 37.5. The topological polar surface area (TPSA) is 0 Å². The Balaban J connectivity index is 0.00000234. The molecule has 2 unspecified atom stereocenters. The molecule has 0 amide bonds. The third-order valence-corrected chi connectivity index (χ3v) is 18.7. The standard InChI is InChI=1S/2C19H16F3.C2H4.2ClH.Ti/c2*1-2-4-13-11-15-5-3-6-17(18(15)12-13)14-7-9-16(10-8-14)19(20,21)22;1-2;;;/h2*3,5-12H,2,4H2,1H3;1-2H2;2*1H;/q;;;;;+2/p-2. The average molecular weight is 749 g/mol. The molecule has 0 aromatic heterocycles. The second-order valence-corrected chi connectivity index (χ2v) is 20.5. The Hall–Kier alpha value is -2.77. The molecular weight excluding hydrogens is 713 g/mol. The van der Waals surface area contributed by atoms with Crippen molar-refractivity contribution in [1.82, 2.24) is 0 Å². The van der Waals surface area contributed by atoms with Crippen LogP contribution in [0, 0.1) is 0 Å². The molecule has 256 valence electrons. The zero-order chi connectivity index (χ0) is 33.1. The SMILES string of the molecule is CCCC1=Cc2c(-c3ccc(C(F)(F)F)cc3)cccc2[CH]1[Ti+2]1([CH]2C(CCC)=Cc3c(-c4ccc(C(F)(F)F)cc4)cccc32)[CH2][CH2]1.[Cl-].[Cl-]. The van der Waals surface area contributed by atoms with Crippen LogP contribution in [0.2, 0.25) is 9.45 Å². The third kappa shape index (κ3) is 6.71. The molecule has 1 fully saturated rings. The molecule has 2 atom stereocenters. The summed E-state index contributed by atoms with van der Waals surface area (Å²) in [5.41, 5.74) is 10.1. The number of rotatable bonds is 8. The molecule has 0 saturated carbocycles. The minimum absolute atomic E-state index is 0. The van der Waals surface area contributed by atoms with Gasteiger partial charge in [-0.15, -0.1) is 0 Å². The molecule has 2 aliphatic carbocycles. The zero-order valence-corrected chi connectivity index (χ0v) is 30.2. The van der Waals surface area contributed by atoms with E-state index in [0.717, 1.165) is 59.1 Å². The molecule has 1 aliphatic heterocycles. The second kappa shape index (κ2) is 14.1. The van der Waals surface area contributed by atoms with Crippen molar-refractivity contribution < 1.29 is 67.7 Å². The quantitative estimate of drug-likeness (QED) is 0.132. The molecular formula is C40H36Cl2F6Ti. The van der Waals surface area contributed by atoms with Crippen LogP contribution < -0.4 is 24.8 Å². The molecule has 1 heterocycles. The molecule has 0 bridgehead atoms. The van der Waals surface area contributed by atoms with Crippen LogP contribution in [-0.4, -0.2) is 0 Å². The molecule has 4 aromatic carbocycles. The van der Waals surface area contributed by atoms with Crippen molar-refractivity contribution in [2.45, 2.75) is 69.8 Å². The van der Waals surface area contributed by atoms with Gasteiger partial charge in [0.2, 0.25) is 0 Å². The van der Waals surface area contributed by atoms with E-state index in [1.54, 1.807) is 24.3 Å². The molecule has 7 rings (SSSR count). The predicted molar refractivity (Wildman–Crippen MR) is 175 cm³/mol. The maximum absolute atomic E-state index is 13.3. The van der Waals surface area contributed by atoms with Gasteiger partial charge >= 0.3 is 277 Å². The molecule has 9 heteroatoms. The van der Waals surface area contributed by atoms with Gasteiger partial charge in [-0.25, -0.2) is 0 Å². The van der Waals surface area contributed by atoms with Crippen LogP contribution in [0.5, 0.6) is 0 Å². The summed E-state index contributed by atoms with van der Waals surface area (Å²) < 4.78 is 83.2. The van der Waals surface area contributed by atoms with Gasteiger partial charge in [-0.1, -0.05) is 0 Å². The van der Waals surface area contributed by atoms with Crippen LogP contribution in [0.4, 0.5) is 26.3 Å². The molecule has 1 saturated heterocycles. The summed E-state index contributed by atoms with van der Waals surface area (Å²) in [6.07, 6.45) is -0.0683. The van der Waals surface area contributed by atoms with E-state index in [4.69, 9.17) is 0 Å². The second-order valence-electron chi connectivity index (χ2n) is 13.3. The van der Waals surface area contributed by atoms with Crippen LogP contribution in [0.3, 0.4) is 0 Å². The van der Waals surface area contributed by atoms with E-state index in [9.17, 15) is 26.3 Å². The summed E-state index contributed by atoms with van der Waals surface area (Å²) >= 11 is -2.74. The number of alkyl halides is 6. The van der Waals surface area contributed by atoms with Crippen molar-refractivity contribution in [3.05, 3.63) is 129 Å². The smallest absolute Gasteiger partial charge is 1.00 e. The Kier molecular flexibility index (Phi) is 10.8. The normalized spacial score (nSPS) is 18.2. The fourth-order valence-electron chi connectivity index (χ4n) is 8.37. The maximum Gasteiger partial charge on any atom is -1.00 e. The van der Waals surface area contributed by atoms with Gasteiger partial charge in [0.05, 0.1) is 0 Å². The minimum Gasteiger partial charge on any atom is -1.00 e. The number of hydrogen-bond acceptors (Lipinski definition) is 0. The monoisotopic (exact) mass is 748 g/mol. The van der Waals surface area contributed by atoms with Gasteiger partial charge < -0.3 is 24.8 Å². The van der Waals surface area contributed by atoms with Crippen molar-refractivity contribution in [3.63, 3.8) is 0 Å². The Morgan fingerprint density at radius 3 is 1.22 bits per heavy atom. The number of hydrogen-bond donors (Lipinski definition) is 0. The largest absolute Gasteiger partial charge is 1.00 e. The first-order chi connectivity index (χ1) is 22.5. The van der Waals surface area contributed by atoms with Gasteiger partial charge in [-0.3, -0.25) is 0 Å². The van der Waals surface area contributed by atoms with Crippen molar-refractivity contribution in [1.29, 1.82) is 0 Å². The van der Waals surface area contributed by atoms with Crippen LogP contribution in [0.1, 0.15) is 81.4 Å². The van der Waals surface area contributed by atoms with Crippen molar-refractivity contribution in [2.75, 3.05) is 0 Å². The summed E-state index contributed by atoms with van der Waals surface area (Å²) in [4.78, 5) is 0.